The van der Waals surface area contributed by atoms with Crippen LogP contribution >= 0.6 is 11.8 Å². The lowest BCUT2D eigenvalue weighted by molar-refractivity contribution is 0.222. The van der Waals surface area contributed by atoms with Crippen LogP contribution in [0.3, 0.4) is 0 Å². The van der Waals surface area contributed by atoms with Crippen LogP contribution in [0.5, 0.6) is 0 Å². The SMILES string of the molecule is NCC(c1ccoc1)N1CCSCC1. The molecule has 1 aliphatic rings. The lowest BCUT2D eigenvalue weighted by atomic mass is 10.1. The van der Waals surface area contributed by atoms with Crippen LogP contribution in [0.2, 0.25) is 0 Å². The Bertz CT molecular complexity index is 257. The zero-order valence-corrected chi connectivity index (χ0v) is 9.00. The molecule has 0 spiro atoms. The highest BCUT2D eigenvalue weighted by atomic mass is 32.2. The first-order chi connectivity index (χ1) is 6.92. The van der Waals surface area contributed by atoms with E-state index in [0.717, 1.165) is 13.1 Å². The Kier molecular flexibility index (Phi) is 3.50. The number of nitrogens with two attached hydrogens (primary N) is 1. The van der Waals surface area contributed by atoms with Crippen LogP contribution < -0.4 is 5.73 Å². The van der Waals surface area contributed by atoms with Gasteiger partial charge in [0.05, 0.1) is 18.6 Å². The van der Waals surface area contributed by atoms with Crippen molar-refractivity contribution in [1.29, 1.82) is 0 Å². The number of hydrogen-bond donors (Lipinski definition) is 1. The Hall–Kier alpha value is -0.450. The number of thioether (sulfide) groups is 1. The van der Waals surface area contributed by atoms with Crippen molar-refractivity contribution in [1.82, 2.24) is 4.90 Å². The van der Waals surface area contributed by atoms with Crippen molar-refractivity contribution in [3.8, 4) is 0 Å². The van der Waals surface area contributed by atoms with Crippen LogP contribution in [0, 0.1) is 0 Å². The van der Waals surface area contributed by atoms with Crippen LogP contribution in [0.25, 0.3) is 0 Å². The third-order valence-electron chi connectivity index (χ3n) is 2.64. The molecular formula is C10H16N2OS. The minimum Gasteiger partial charge on any atom is -0.472 e. The minimum absolute atomic E-state index is 0.342. The van der Waals surface area contributed by atoms with E-state index in [4.69, 9.17) is 10.2 Å². The van der Waals surface area contributed by atoms with Gasteiger partial charge in [0.15, 0.2) is 0 Å². The maximum atomic E-state index is 5.80. The Morgan fingerprint density at radius 2 is 2.29 bits per heavy atom. The molecule has 1 fully saturated rings. The number of hydrogen-bond acceptors (Lipinski definition) is 4. The maximum absolute atomic E-state index is 5.80. The first kappa shape index (κ1) is 10.1. The van der Waals surface area contributed by atoms with E-state index in [2.05, 4.69) is 4.90 Å². The summed E-state index contributed by atoms with van der Waals surface area (Å²) >= 11 is 2.02. The first-order valence-electron chi connectivity index (χ1n) is 4.96. The molecule has 0 aliphatic carbocycles. The molecule has 0 radical (unpaired) electrons. The fourth-order valence-electron chi connectivity index (χ4n) is 1.85. The van der Waals surface area contributed by atoms with E-state index in [1.54, 1.807) is 12.5 Å². The molecule has 0 aromatic carbocycles. The van der Waals surface area contributed by atoms with Gasteiger partial charge < -0.3 is 10.2 Å². The molecule has 0 amide bonds. The first-order valence-corrected chi connectivity index (χ1v) is 6.11. The van der Waals surface area contributed by atoms with Crippen molar-refractivity contribution < 1.29 is 4.42 Å². The van der Waals surface area contributed by atoms with E-state index in [1.165, 1.54) is 17.1 Å². The highest BCUT2D eigenvalue weighted by Gasteiger charge is 2.21. The number of rotatable bonds is 3. The van der Waals surface area contributed by atoms with Crippen LogP contribution in [0.15, 0.2) is 23.0 Å². The molecule has 4 heteroatoms. The van der Waals surface area contributed by atoms with Gasteiger partial charge in [0.2, 0.25) is 0 Å². The molecule has 1 atom stereocenters. The standard InChI is InChI=1S/C10H16N2OS/c11-7-10(9-1-4-13-8-9)12-2-5-14-6-3-12/h1,4,8,10H,2-3,5-7,11H2. The smallest absolute Gasteiger partial charge is 0.0950 e. The number of nitrogens with zero attached hydrogens (tertiary/aromatic N) is 1. The van der Waals surface area contributed by atoms with Crippen molar-refractivity contribution in [3.05, 3.63) is 24.2 Å². The average molecular weight is 212 g/mol. The normalized spacial score (nSPS) is 20.9. The summed E-state index contributed by atoms with van der Waals surface area (Å²) in [4.78, 5) is 2.45. The van der Waals surface area contributed by atoms with Crippen molar-refractivity contribution in [2.75, 3.05) is 31.1 Å². The topological polar surface area (TPSA) is 42.4 Å². The Morgan fingerprint density at radius 3 is 2.86 bits per heavy atom. The second kappa shape index (κ2) is 4.87. The summed E-state index contributed by atoms with van der Waals surface area (Å²) in [7, 11) is 0. The molecule has 2 rings (SSSR count). The van der Waals surface area contributed by atoms with E-state index in [9.17, 15) is 0 Å². The molecule has 14 heavy (non-hydrogen) atoms. The van der Waals surface area contributed by atoms with E-state index in [-0.39, 0.29) is 0 Å². The molecule has 78 valence electrons. The van der Waals surface area contributed by atoms with Gasteiger partial charge in [-0.15, -0.1) is 0 Å². The summed E-state index contributed by atoms with van der Waals surface area (Å²) in [6.45, 7) is 2.94. The molecule has 1 aromatic rings. The van der Waals surface area contributed by atoms with Crippen molar-refractivity contribution in [2.45, 2.75) is 6.04 Å². The lowest BCUT2D eigenvalue weighted by Crippen LogP contribution is -2.39. The summed E-state index contributed by atoms with van der Waals surface area (Å²) in [6, 6.07) is 2.36. The fourth-order valence-corrected chi connectivity index (χ4v) is 2.78. The van der Waals surface area contributed by atoms with Crippen LogP contribution in [0.4, 0.5) is 0 Å². The molecule has 2 N–H and O–H groups in total. The van der Waals surface area contributed by atoms with Gasteiger partial charge in [0.25, 0.3) is 0 Å². The van der Waals surface area contributed by atoms with Crippen LogP contribution in [0.1, 0.15) is 11.6 Å². The fraction of sp³-hybridized carbons (Fsp3) is 0.600. The van der Waals surface area contributed by atoms with Crippen LogP contribution in [-0.4, -0.2) is 36.0 Å². The monoisotopic (exact) mass is 212 g/mol. The third-order valence-corrected chi connectivity index (χ3v) is 3.58. The average Bonchev–Trinajstić information content (AvgIpc) is 2.74. The van der Waals surface area contributed by atoms with Crippen LogP contribution in [-0.2, 0) is 0 Å². The molecular weight excluding hydrogens is 196 g/mol. The van der Waals surface area contributed by atoms with E-state index in [1.807, 2.05) is 17.8 Å². The minimum atomic E-state index is 0.342. The van der Waals surface area contributed by atoms with E-state index >= 15 is 0 Å². The lowest BCUT2D eigenvalue weighted by Gasteiger charge is -2.32. The van der Waals surface area contributed by atoms with Gasteiger partial charge in [-0.2, -0.15) is 11.8 Å². The van der Waals surface area contributed by atoms with E-state index < -0.39 is 0 Å². The molecule has 1 saturated heterocycles. The highest BCUT2D eigenvalue weighted by molar-refractivity contribution is 7.99. The Balaban J connectivity index is 2.04. The van der Waals surface area contributed by atoms with E-state index in [0.29, 0.717) is 12.6 Å². The Morgan fingerprint density at radius 1 is 1.50 bits per heavy atom. The summed E-state index contributed by atoms with van der Waals surface area (Å²) < 4.78 is 5.10. The zero-order valence-electron chi connectivity index (χ0n) is 8.19. The third kappa shape index (κ3) is 2.13. The predicted octanol–water partition coefficient (Wildman–Crippen LogP) is 1.33. The molecule has 1 aromatic heterocycles. The van der Waals surface area contributed by atoms with Crippen molar-refractivity contribution >= 4 is 11.8 Å². The largest absolute Gasteiger partial charge is 0.472 e. The zero-order chi connectivity index (χ0) is 9.80. The second-order valence-corrected chi connectivity index (χ2v) is 4.68. The van der Waals surface area contributed by atoms with Gasteiger partial charge >= 0.3 is 0 Å². The highest BCUT2D eigenvalue weighted by Crippen LogP contribution is 2.23. The summed E-state index contributed by atoms with van der Waals surface area (Å²) in [6.07, 6.45) is 3.52. The summed E-state index contributed by atoms with van der Waals surface area (Å²) in [5.74, 6) is 2.43. The Labute approximate surface area is 88.6 Å². The van der Waals surface area contributed by atoms with Crippen molar-refractivity contribution in [3.63, 3.8) is 0 Å². The molecule has 0 saturated carbocycles. The van der Waals surface area contributed by atoms with Crippen molar-refractivity contribution in [2.24, 2.45) is 5.73 Å². The predicted molar refractivity (Wildman–Crippen MR) is 59.4 cm³/mol. The summed E-state index contributed by atoms with van der Waals surface area (Å²) in [5.41, 5.74) is 7.01. The van der Waals surface area contributed by atoms with Gasteiger partial charge in [0.1, 0.15) is 0 Å². The van der Waals surface area contributed by atoms with Gasteiger partial charge in [-0.25, -0.2) is 0 Å². The molecule has 1 unspecified atom stereocenters. The maximum Gasteiger partial charge on any atom is 0.0950 e. The molecule has 3 nitrogen and oxygen atoms in total. The van der Waals surface area contributed by atoms with Gasteiger partial charge in [-0.3, -0.25) is 4.90 Å². The van der Waals surface area contributed by atoms with Gasteiger partial charge in [0, 0.05) is 36.7 Å². The molecule has 2 heterocycles. The van der Waals surface area contributed by atoms with Gasteiger partial charge in [-0.1, -0.05) is 0 Å². The number of furan rings is 1. The quantitative estimate of drug-likeness (QED) is 0.820. The summed E-state index contributed by atoms with van der Waals surface area (Å²) in [5, 5.41) is 0. The molecule has 0 bridgehead atoms. The second-order valence-electron chi connectivity index (χ2n) is 3.46. The van der Waals surface area contributed by atoms with Gasteiger partial charge in [-0.05, 0) is 6.07 Å². The molecule has 1 aliphatic heterocycles.